The Morgan fingerprint density at radius 2 is 2.08 bits per heavy atom. The molecule has 1 atom stereocenters. The summed E-state index contributed by atoms with van der Waals surface area (Å²) in [5, 5.41) is 8.59. The minimum Gasteiger partial charge on any atom is -0.472 e. The third-order valence-corrected chi connectivity index (χ3v) is 4.70. The predicted molar refractivity (Wildman–Crippen MR) is 88.5 cm³/mol. The topological polar surface area (TPSA) is 101 Å². The Hall–Kier alpha value is -2.26. The van der Waals surface area contributed by atoms with Crippen molar-refractivity contribution in [2.24, 2.45) is 0 Å². The lowest BCUT2D eigenvalue weighted by Gasteiger charge is -2.33. The Bertz CT molecular complexity index is 653. The van der Waals surface area contributed by atoms with Crippen LogP contribution in [0.5, 0.6) is 0 Å². The van der Waals surface area contributed by atoms with Crippen molar-refractivity contribution in [2.45, 2.75) is 6.04 Å². The highest BCUT2D eigenvalue weighted by atomic mass is 32.2. The number of anilines is 1. The van der Waals surface area contributed by atoms with Gasteiger partial charge in [-0.1, -0.05) is 5.16 Å². The van der Waals surface area contributed by atoms with Gasteiger partial charge in [0.15, 0.2) is 5.82 Å². The minimum absolute atomic E-state index is 0.0200. The molecule has 2 N–H and O–H groups in total. The fraction of sp³-hybridized carbons (Fsp3) is 0.400. The Morgan fingerprint density at radius 3 is 2.75 bits per heavy atom. The maximum atomic E-state index is 12.0. The molecule has 24 heavy (non-hydrogen) atoms. The predicted octanol–water partition coefficient (Wildman–Crippen LogP) is 1.11. The van der Waals surface area contributed by atoms with Crippen LogP contribution < -0.4 is 10.6 Å². The van der Waals surface area contributed by atoms with Gasteiger partial charge in [-0.15, -0.1) is 0 Å². The lowest BCUT2D eigenvalue weighted by Crippen LogP contribution is -2.44. The van der Waals surface area contributed by atoms with Crippen molar-refractivity contribution >= 4 is 29.4 Å². The van der Waals surface area contributed by atoms with E-state index in [4.69, 9.17) is 4.42 Å². The van der Waals surface area contributed by atoms with Crippen molar-refractivity contribution < 1.29 is 18.5 Å². The highest BCUT2D eigenvalue weighted by Gasteiger charge is 2.25. The zero-order chi connectivity index (χ0) is 16.8. The maximum Gasteiger partial charge on any atom is 0.314 e. The summed E-state index contributed by atoms with van der Waals surface area (Å²) >= 11 is 1.91. The quantitative estimate of drug-likeness (QED) is 0.779. The van der Waals surface area contributed by atoms with Crippen LogP contribution in [0, 0.1) is 0 Å². The summed E-state index contributed by atoms with van der Waals surface area (Å²) in [6, 6.07) is 3.33. The van der Waals surface area contributed by atoms with Crippen molar-refractivity contribution in [3.8, 4) is 0 Å². The van der Waals surface area contributed by atoms with Gasteiger partial charge in [0, 0.05) is 42.8 Å². The summed E-state index contributed by atoms with van der Waals surface area (Å²) < 4.78 is 9.77. The molecule has 1 fully saturated rings. The molecule has 2 aromatic heterocycles. The standard InChI is InChI=1S/C15H18N4O4S/c20-14(15(21)17-13-2-6-23-18-13)16-9-12(11-1-5-22-10-11)19-3-7-24-8-4-19/h1-2,5-6,10,12H,3-4,7-9H2,(H,16,20)(H,17,18,21)/t12-/m1/s1. The van der Waals surface area contributed by atoms with Crippen LogP contribution in [0.15, 0.2) is 39.9 Å². The van der Waals surface area contributed by atoms with Gasteiger partial charge in [-0.2, -0.15) is 11.8 Å². The van der Waals surface area contributed by atoms with Crippen molar-refractivity contribution in [1.82, 2.24) is 15.4 Å². The molecule has 3 heterocycles. The molecule has 1 saturated heterocycles. The second kappa shape index (κ2) is 8.02. The van der Waals surface area contributed by atoms with Gasteiger partial charge in [0.05, 0.1) is 18.6 Å². The van der Waals surface area contributed by atoms with Crippen LogP contribution in [0.1, 0.15) is 11.6 Å². The van der Waals surface area contributed by atoms with Crippen LogP contribution in [-0.4, -0.2) is 53.0 Å². The number of thioether (sulfide) groups is 1. The summed E-state index contributed by atoms with van der Waals surface area (Å²) in [7, 11) is 0. The van der Waals surface area contributed by atoms with E-state index in [9.17, 15) is 9.59 Å². The number of hydrogen-bond donors (Lipinski definition) is 2. The first-order valence-electron chi connectivity index (χ1n) is 7.57. The molecular weight excluding hydrogens is 332 g/mol. The number of nitrogens with one attached hydrogen (secondary N) is 2. The van der Waals surface area contributed by atoms with Crippen LogP contribution in [0.4, 0.5) is 5.82 Å². The summed E-state index contributed by atoms with van der Waals surface area (Å²) in [5.41, 5.74) is 0.985. The Labute approximate surface area is 142 Å². The summed E-state index contributed by atoms with van der Waals surface area (Å²) in [6.45, 7) is 2.19. The molecule has 0 spiro atoms. The molecule has 1 aliphatic rings. The third-order valence-electron chi connectivity index (χ3n) is 3.76. The molecule has 9 heteroatoms. The smallest absolute Gasteiger partial charge is 0.314 e. The monoisotopic (exact) mass is 350 g/mol. The largest absolute Gasteiger partial charge is 0.472 e. The second-order valence-corrected chi connectivity index (χ2v) is 6.49. The van der Waals surface area contributed by atoms with Gasteiger partial charge >= 0.3 is 11.8 Å². The molecule has 2 aromatic rings. The zero-order valence-electron chi connectivity index (χ0n) is 12.9. The third kappa shape index (κ3) is 4.18. The Kier molecular flexibility index (Phi) is 5.55. The van der Waals surface area contributed by atoms with Crippen molar-refractivity contribution in [1.29, 1.82) is 0 Å². The van der Waals surface area contributed by atoms with Gasteiger partial charge < -0.3 is 14.3 Å². The first kappa shape index (κ1) is 16.6. The number of rotatable bonds is 5. The van der Waals surface area contributed by atoms with E-state index in [1.54, 1.807) is 12.5 Å². The van der Waals surface area contributed by atoms with Gasteiger partial charge in [-0.25, -0.2) is 0 Å². The average Bonchev–Trinajstić information content (AvgIpc) is 3.30. The number of carbonyl (C=O) groups is 2. The fourth-order valence-electron chi connectivity index (χ4n) is 2.53. The van der Waals surface area contributed by atoms with E-state index in [0.717, 1.165) is 30.2 Å². The second-order valence-electron chi connectivity index (χ2n) is 5.27. The summed E-state index contributed by atoms with van der Waals surface area (Å²) in [4.78, 5) is 26.1. The zero-order valence-corrected chi connectivity index (χ0v) is 13.8. The first-order chi connectivity index (χ1) is 11.7. The van der Waals surface area contributed by atoms with Crippen molar-refractivity contribution in [3.05, 3.63) is 36.5 Å². The lowest BCUT2D eigenvalue weighted by molar-refractivity contribution is -0.136. The molecule has 3 rings (SSSR count). The first-order valence-corrected chi connectivity index (χ1v) is 8.73. The van der Waals surface area contributed by atoms with Gasteiger partial charge in [0.2, 0.25) is 0 Å². The minimum atomic E-state index is -0.774. The molecule has 0 radical (unpaired) electrons. The number of carbonyl (C=O) groups excluding carboxylic acids is 2. The average molecular weight is 350 g/mol. The Balaban J connectivity index is 1.58. The molecule has 8 nitrogen and oxygen atoms in total. The van der Waals surface area contributed by atoms with Crippen LogP contribution in [0.25, 0.3) is 0 Å². The van der Waals surface area contributed by atoms with Crippen LogP contribution in [0.2, 0.25) is 0 Å². The lowest BCUT2D eigenvalue weighted by atomic mass is 10.1. The normalized spacial score (nSPS) is 16.5. The maximum absolute atomic E-state index is 12.0. The number of hydrogen-bond acceptors (Lipinski definition) is 7. The van der Waals surface area contributed by atoms with Gasteiger partial charge in [-0.3, -0.25) is 19.8 Å². The molecule has 2 amide bonds. The number of nitrogens with zero attached hydrogens (tertiary/aromatic N) is 2. The molecule has 0 unspecified atom stereocenters. The molecule has 1 aliphatic heterocycles. The van der Waals surface area contributed by atoms with Gasteiger partial charge in [0.1, 0.15) is 6.26 Å². The van der Waals surface area contributed by atoms with Crippen LogP contribution >= 0.6 is 11.8 Å². The molecule has 0 aliphatic carbocycles. The Morgan fingerprint density at radius 1 is 1.25 bits per heavy atom. The number of furan rings is 1. The van der Waals surface area contributed by atoms with E-state index in [-0.39, 0.29) is 11.9 Å². The van der Waals surface area contributed by atoms with E-state index in [2.05, 4.69) is 25.2 Å². The van der Waals surface area contributed by atoms with E-state index in [1.807, 2.05) is 17.8 Å². The van der Waals surface area contributed by atoms with E-state index < -0.39 is 11.8 Å². The molecular formula is C15H18N4O4S. The molecule has 0 saturated carbocycles. The van der Waals surface area contributed by atoms with E-state index >= 15 is 0 Å². The van der Waals surface area contributed by atoms with E-state index in [0.29, 0.717) is 6.54 Å². The molecule has 0 bridgehead atoms. The highest BCUT2D eigenvalue weighted by Crippen LogP contribution is 2.24. The molecule has 128 valence electrons. The van der Waals surface area contributed by atoms with Crippen LogP contribution in [-0.2, 0) is 9.59 Å². The van der Waals surface area contributed by atoms with Crippen LogP contribution in [0.3, 0.4) is 0 Å². The number of aromatic nitrogens is 1. The van der Waals surface area contributed by atoms with Crippen molar-refractivity contribution in [2.75, 3.05) is 36.5 Å². The SMILES string of the molecule is O=C(NC[C@H](c1ccoc1)N1CCSCC1)C(=O)Nc1ccon1. The van der Waals surface area contributed by atoms with E-state index in [1.165, 1.54) is 12.3 Å². The summed E-state index contributed by atoms with van der Waals surface area (Å²) in [5.74, 6) is 0.820. The summed E-state index contributed by atoms with van der Waals surface area (Å²) in [6.07, 6.45) is 4.60. The van der Waals surface area contributed by atoms with Gasteiger partial charge in [-0.05, 0) is 6.07 Å². The fourth-order valence-corrected chi connectivity index (χ4v) is 3.46. The number of amides is 2. The van der Waals surface area contributed by atoms with Crippen molar-refractivity contribution in [3.63, 3.8) is 0 Å². The molecule has 0 aromatic carbocycles. The van der Waals surface area contributed by atoms with Gasteiger partial charge in [0.25, 0.3) is 0 Å². The highest BCUT2D eigenvalue weighted by molar-refractivity contribution is 7.99.